The number of aryl methyl sites for hydroxylation is 1. The Hall–Kier alpha value is -2.53. The average molecular weight is 358 g/mol. The summed E-state index contributed by atoms with van der Waals surface area (Å²) < 4.78 is 6.81. The molecule has 0 radical (unpaired) electrons. The number of rotatable bonds is 6. The van der Waals surface area contributed by atoms with Crippen molar-refractivity contribution in [3.63, 3.8) is 0 Å². The van der Waals surface area contributed by atoms with Crippen LogP contribution >= 0.6 is 11.6 Å². The molecule has 5 nitrogen and oxygen atoms in total. The molecule has 0 spiro atoms. The summed E-state index contributed by atoms with van der Waals surface area (Å²) in [4.78, 5) is 16.7. The van der Waals surface area contributed by atoms with Gasteiger partial charge >= 0.3 is 5.97 Å². The number of benzene rings is 1. The molecule has 0 aliphatic heterocycles. The maximum atomic E-state index is 12.2. The van der Waals surface area contributed by atoms with E-state index in [-0.39, 0.29) is 0 Å². The smallest absolute Gasteiger partial charge is 0.356 e. The first kappa shape index (κ1) is 17.3. The van der Waals surface area contributed by atoms with E-state index < -0.39 is 5.97 Å². The lowest BCUT2D eigenvalue weighted by Crippen LogP contribution is -2.12. The van der Waals surface area contributed by atoms with Crippen LogP contribution in [-0.4, -0.2) is 22.6 Å². The molecule has 0 unspecified atom stereocenters. The Bertz CT molecular complexity index is 891. The maximum absolute atomic E-state index is 12.2. The number of esters is 1. The second kappa shape index (κ2) is 7.57. The Labute approximate surface area is 151 Å². The molecule has 0 aliphatic rings. The molecular formula is C19H20ClN3O2. The number of anilines is 1. The van der Waals surface area contributed by atoms with Gasteiger partial charge in [0.05, 0.1) is 17.6 Å². The number of carbonyl (C=O) groups is 1. The van der Waals surface area contributed by atoms with Gasteiger partial charge in [0.25, 0.3) is 0 Å². The molecular weight excluding hydrogens is 338 g/mol. The van der Waals surface area contributed by atoms with Gasteiger partial charge in [-0.1, -0.05) is 48.9 Å². The van der Waals surface area contributed by atoms with E-state index in [0.29, 0.717) is 29.6 Å². The predicted octanol–water partition coefficient (Wildman–Crippen LogP) is 4.50. The van der Waals surface area contributed by atoms with Crippen LogP contribution in [0.25, 0.3) is 10.9 Å². The van der Waals surface area contributed by atoms with Gasteiger partial charge in [0.15, 0.2) is 5.82 Å². The first-order valence-corrected chi connectivity index (χ1v) is 8.58. The van der Waals surface area contributed by atoms with Crippen molar-refractivity contribution >= 4 is 34.3 Å². The summed E-state index contributed by atoms with van der Waals surface area (Å²) in [5.41, 5.74) is 2.34. The van der Waals surface area contributed by atoms with Crippen molar-refractivity contribution in [3.05, 3.63) is 58.9 Å². The fourth-order valence-corrected chi connectivity index (χ4v) is 3.25. The Morgan fingerprint density at radius 1 is 1.28 bits per heavy atom. The van der Waals surface area contributed by atoms with Crippen LogP contribution < -0.4 is 5.32 Å². The Morgan fingerprint density at radius 3 is 2.72 bits per heavy atom. The van der Waals surface area contributed by atoms with E-state index in [4.69, 9.17) is 16.3 Å². The number of carbonyl (C=O) groups excluding carboxylic acids is 1. The van der Waals surface area contributed by atoms with Crippen molar-refractivity contribution in [3.8, 4) is 0 Å². The lowest BCUT2D eigenvalue weighted by Gasteiger charge is -2.12. The number of hydrogen-bond acceptors (Lipinski definition) is 4. The van der Waals surface area contributed by atoms with Gasteiger partial charge in [0, 0.05) is 24.7 Å². The predicted molar refractivity (Wildman–Crippen MR) is 100 cm³/mol. The highest BCUT2D eigenvalue weighted by molar-refractivity contribution is 6.39. The normalized spacial score (nSPS) is 10.8. The van der Waals surface area contributed by atoms with E-state index >= 15 is 0 Å². The molecule has 0 saturated heterocycles. The molecule has 3 rings (SSSR count). The maximum Gasteiger partial charge on any atom is 0.356 e. The first-order chi connectivity index (χ1) is 12.2. The molecule has 25 heavy (non-hydrogen) atoms. The van der Waals surface area contributed by atoms with Gasteiger partial charge in [0.1, 0.15) is 5.69 Å². The first-order valence-electron chi connectivity index (χ1n) is 8.20. The van der Waals surface area contributed by atoms with Crippen molar-refractivity contribution in [1.82, 2.24) is 9.55 Å². The summed E-state index contributed by atoms with van der Waals surface area (Å²) >= 11 is 6.48. The summed E-state index contributed by atoms with van der Waals surface area (Å²) in [6.07, 6.45) is 2.55. The van der Waals surface area contributed by atoms with Gasteiger partial charge in [0.2, 0.25) is 0 Å². The summed E-state index contributed by atoms with van der Waals surface area (Å²) in [6, 6.07) is 11.9. The zero-order chi connectivity index (χ0) is 17.8. The second-order valence-corrected chi connectivity index (χ2v) is 6.08. The number of pyridine rings is 1. The third-order valence-electron chi connectivity index (χ3n) is 4.04. The van der Waals surface area contributed by atoms with E-state index in [0.717, 1.165) is 22.9 Å². The van der Waals surface area contributed by atoms with E-state index in [1.165, 1.54) is 7.11 Å². The molecule has 1 aromatic carbocycles. The topological polar surface area (TPSA) is 56.2 Å². The molecule has 6 heteroatoms. The minimum atomic E-state index is -0.441. The van der Waals surface area contributed by atoms with Crippen LogP contribution in [0.4, 0.5) is 5.82 Å². The van der Waals surface area contributed by atoms with Crippen molar-refractivity contribution in [2.45, 2.75) is 26.4 Å². The van der Waals surface area contributed by atoms with Crippen LogP contribution in [-0.2, 0) is 17.8 Å². The Morgan fingerprint density at radius 2 is 2.04 bits per heavy atom. The third-order valence-corrected chi connectivity index (χ3v) is 4.42. The van der Waals surface area contributed by atoms with E-state index in [2.05, 4.69) is 10.3 Å². The van der Waals surface area contributed by atoms with Crippen LogP contribution in [0.1, 0.15) is 29.4 Å². The molecule has 0 bridgehead atoms. The highest BCUT2D eigenvalue weighted by Crippen LogP contribution is 2.34. The number of hydrogen-bond donors (Lipinski definition) is 1. The van der Waals surface area contributed by atoms with Crippen LogP contribution in [0.2, 0.25) is 5.02 Å². The van der Waals surface area contributed by atoms with Gasteiger partial charge in [-0.15, -0.1) is 0 Å². The molecule has 0 atom stereocenters. The van der Waals surface area contributed by atoms with Crippen molar-refractivity contribution in [1.29, 1.82) is 0 Å². The molecule has 2 heterocycles. The Balaban J connectivity index is 2.08. The highest BCUT2D eigenvalue weighted by atomic mass is 35.5. The fourth-order valence-electron chi connectivity index (χ4n) is 2.92. The van der Waals surface area contributed by atoms with E-state index in [9.17, 15) is 4.79 Å². The summed E-state index contributed by atoms with van der Waals surface area (Å²) in [7, 11) is 1.36. The van der Waals surface area contributed by atoms with Crippen molar-refractivity contribution < 1.29 is 9.53 Å². The minimum absolute atomic E-state index is 0.372. The molecule has 0 saturated carbocycles. The van der Waals surface area contributed by atoms with Gasteiger partial charge in [-0.2, -0.15) is 0 Å². The van der Waals surface area contributed by atoms with Gasteiger partial charge < -0.3 is 14.6 Å². The van der Waals surface area contributed by atoms with Crippen molar-refractivity contribution in [2.24, 2.45) is 0 Å². The zero-order valence-electron chi connectivity index (χ0n) is 14.3. The molecule has 0 aliphatic carbocycles. The number of fused-ring (bicyclic) bond motifs is 1. The van der Waals surface area contributed by atoms with Gasteiger partial charge in [-0.25, -0.2) is 9.78 Å². The number of nitrogens with zero attached hydrogens (tertiary/aromatic N) is 2. The van der Waals surface area contributed by atoms with Crippen LogP contribution in [0.5, 0.6) is 0 Å². The quantitative estimate of drug-likeness (QED) is 0.660. The Kier molecular flexibility index (Phi) is 5.24. The SMILES string of the molecule is CCCn1c(C(=O)OC)c(Cl)c2ccnc(NCc3ccccc3)c21. The highest BCUT2D eigenvalue weighted by Gasteiger charge is 2.24. The van der Waals surface area contributed by atoms with Crippen LogP contribution in [0.3, 0.4) is 0 Å². The number of aromatic nitrogens is 2. The summed E-state index contributed by atoms with van der Waals surface area (Å²) in [5, 5.41) is 4.55. The third kappa shape index (κ3) is 3.33. The van der Waals surface area contributed by atoms with E-state index in [1.54, 1.807) is 6.20 Å². The summed E-state index contributed by atoms with van der Waals surface area (Å²) in [6.45, 7) is 3.34. The molecule has 1 N–H and O–H groups in total. The average Bonchev–Trinajstić information content (AvgIpc) is 2.93. The number of methoxy groups -OCH3 is 1. The zero-order valence-corrected chi connectivity index (χ0v) is 15.0. The molecule has 0 amide bonds. The molecule has 2 aromatic heterocycles. The lowest BCUT2D eigenvalue weighted by molar-refractivity contribution is 0.0589. The monoisotopic (exact) mass is 357 g/mol. The van der Waals surface area contributed by atoms with Gasteiger partial charge in [-0.05, 0) is 18.1 Å². The minimum Gasteiger partial charge on any atom is -0.464 e. The standard InChI is InChI=1S/C19H20ClN3O2/c1-3-11-23-16-14(15(20)17(23)19(24)25-2)9-10-21-18(16)22-12-13-7-5-4-6-8-13/h4-10H,3,11-12H2,1-2H3,(H,21,22). The number of nitrogens with one attached hydrogen (secondary N) is 1. The fraction of sp³-hybridized carbons (Fsp3) is 0.263. The lowest BCUT2D eigenvalue weighted by atomic mass is 10.2. The van der Waals surface area contributed by atoms with Crippen LogP contribution in [0.15, 0.2) is 42.6 Å². The van der Waals surface area contributed by atoms with Gasteiger partial charge in [-0.3, -0.25) is 0 Å². The molecule has 0 fully saturated rings. The number of halogens is 1. The van der Waals surface area contributed by atoms with Crippen LogP contribution in [0, 0.1) is 0 Å². The summed E-state index contributed by atoms with van der Waals surface area (Å²) in [5.74, 6) is 0.260. The second-order valence-electron chi connectivity index (χ2n) is 5.70. The molecule has 130 valence electrons. The van der Waals surface area contributed by atoms with E-state index in [1.807, 2.05) is 47.9 Å². The molecule has 3 aromatic rings. The van der Waals surface area contributed by atoms with Crippen molar-refractivity contribution in [2.75, 3.05) is 12.4 Å². The largest absolute Gasteiger partial charge is 0.464 e. The number of ether oxygens (including phenoxy) is 1.